The minimum absolute atomic E-state index is 0.0443. The first-order valence-corrected chi connectivity index (χ1v) is 8.02. The average molecular weight is 300 g/mol. The summed E-state index contributed by atoms with van der Waals surface area (Å²) in [6.07, 6.45) is 6.13. The summed E-state index contributed by atoms with van der Waals surface area (Å²) in [5.74, 6) is 0.210. The van der Waals surface area contributed by atoms with E-state index < -0.39 is 0 Å². The van der Waals surface area contributed by atoms with Crippen molar-refractivity contribution in [2.45, 2.75) is 39.5 Å². The van der Waals surface area contributed by atoms with E-state index >= 15 is 0 Å². The van der Waals surface area contributed by atoms with Gasteiger partial charge in [-0.2, -0.15) is 0 Å². The first-order valence-electron chi connectivity index (χ1n) is 8.02. The molecule has 4 nitrogen and oxygen atoms in total. The molecular weight excluding hydrogens is 276 g/mol. The highest BCUT2D eigenvalue weighted by Gasteiger charge is 2.15. The highest BCUT2D eigenvalue weighted by atomic mass is 16.3. The van der Waals surface area contributed by atoms with Gasteiger partial charge in [0.15, 0.2) is 5.75 Å². The van der Waals surface area contributed by atoms with Crippen molar-refractivity contribution in [3.8, 4) is 5.75 Å². The van der Waals surface area contributed by atoms with Crippen LogP contribution in [0.4, 0.5) is 0 Å². The Bertz CT molecular complexity index is 640. The van der Waals surface area contributed by atoms with Gasteiger partial charge in [0.2, 0.25) is 0 Å². The van der Waals surface area contributed by atoms with Gasteiger partial charge in [-0.25, -0.2) is 0 Å². The third-order valence-electron chi connectivity index (χ3n) is 4.09. The van der Waals surface area contributed by atoms with Crippen LogP contribution in [-0.4, -0.2) is 22.5 Å². The lowest BCUT2D eigenvalue weighted by Gasteiger charge is -2.15. The third kappa shape index (κ3) is 3.75. The Morgan fingerprint density at radius 3 is 2.86 bits per heavy atom. The summed E-state index contributed by atoms with van der Waals surface area (Å²) in [7, 11) is 0. The Hall–Kier alpha value is -2.10. The smallest absolute Gasteiger partial charge is 0.255 e. The maximum Gasteiger partial charge on any atom is 0.255 e. The number of unbranched alkanes of at least 4 members (excludes halogenated alkanes) is 1. The summed E-state index contributed by atoms with van der Waals surface area (Å²) in [6.45, 7) is 4.96. The van der Waals surface area contributed by atoms with E-state index in [4.69, 9.17) is 0 Å². The number of hydrogen-bond donors (Lipinski definition) is 2. The van der Waals surface area contributed by atoms with Crippen molar-refractivity contribution in [1.29, 1.82) is 0 Å². The van der Waals surface area contributed by atoms with Crippen LogP contribution in [0.25, 0.3) is 10.9 Å². The van der Waals surface area contributed by atoms with Crippen LogP contribution in [0.2, 0.25) is 0 Å². The topological polar surface area (TPSA) is 62.2 Å². The number of nitrogens with zero attached hydrogens (tertiary/aromatic N) is 1. The van der Waals surface area contributed by atoms with Gasteiger partial charge < -0.3 is 10.4 Å². The van der Waals surface area contributed by atoms with Gasteiger partial charge >= 0.3 is 0 Å². The van der Waals surface area contributed by atoms with Gasteiger partial charge in [-0.3, -0.25) is 9.78 Å². The number of aromatic nitrogens is 1. The number of phenolic OH excluding ortho intramolecular Hbond substituents is 1. The van der Waals surface area contributed by atoms with Crippen molar-refractivity contribution < 1.29 is 9.90 Å². The van der Waals surface area contributed by atoms with Gasteiger partial charge in [0, 0.05) is 18.1 Å². The Labute approximate surface area is 131 Å². The van der Waals surface area contributed by atoms with Crippen LogP contribution in [0.15, 0.2) is 30.5 Å². The Kier molecular flexibility index (Phi) is 5.75. The number of nitrogens with one attached hydrogen (secondary N) is 1. The molecule has 22 heavy (non-hydrogen) atoms. The maximum atomic E-state index is 12.3. The van der Waals surface area contributed by atoms with Gasteiger partial charge in [-0.15, -0.1) is 0 Å². The van der Waals surface area contributed by atoms with Gasteiger partial charge in [0.05, 0.1) is 5.56 Å². The molecule has 0 spiro atoms. The van der Waals surface area contributed by atoms with E-state index in [-0.39, 0.29) is 17.2 Å². The zero-order valence-corrected chi connectivity index (χ0v) is 13.3. The quantitative estimate of drug-likeness (QED) is 0.815. The molecule has 1 aromatic heterocycles. The summed E-state index contributed by atoms with van der Waals surface area (Å²) in [4.78, 5) is 16.5. The number of aromatic hydroxyl groups is 1. The molecule has 1 aromatic carbocycles. The van der Waals surface area contributed by atoms with Crippen molar-refractivity contribution in [3.05, 3.63) is 36.0 Å². The molecule has 0 aliphatic heterocycles. The van der Waals surface area contributed by atoms with Crippen LogP contribution in [0.3, 0.4) is 0 Å². The predicted molar refractivity (Wildman–Crippen MR) is 89.0 cm³/mol. The summed E-state index contributed by atoms with van der Waals surface area (Å²) in [6, 6.07) is 7.13. The molecule has 118 valence electrons. The first kappa shape index (κ1) is 16.3. The number of pyridine rings is 1. The number of hydrogen-bond acceptors (Lipinski definition) is 3. The average Bonchev–Trinajstić information content (AvgIpc) is 2.55. The lowest BCUT2D eigenvalue weighted by molar-refractivity contribution is 0.0943. The number of benzene rings is 1. The van der Waals surface area contributed by atoms with E-state index in [0.29, 0.717) is 18.0 Å². The van der Waals surface area contributed by atoms with E-state index in [9.17, 15) is 9.90 Å². The summed E-state index contributed by atoms with van der Waals surface area (Å²) < 4.78 is 0. The Morgan fingerprint density at radius 1 is 1.32 bits per heavy atom. The lowest BCUT2D eigenvalue weighted by Crippen LogP contribution is -2.29. The van der Waals surface area contributed by atoms with Crippen molar-refractivity contribution >= 4 is 16.8 Å². The van der Waals surface area contributed by atoms with E-state index in [1.807, 2.05) is 12.1 Å². The van der Waals surface area contributed by atoms with E-state index in [1.165, 1.54) is 12.8 Å². The van der Waals surface area contributed by atoms with E-state index in [1.54, 1.807) is 18.3 Å². The fourth-order valence-electron chi connectivity index (χ4n) is 2.59. The van der Waals surface area contributed by atoms with Gasteiger partial charge in [-0.1, -0.05) is 45.2 Å². The first-order chi connectivity index (χ1) is 10.7. The highest BCUT2D eigenvalue weighted by molar-refractivity contribution is 6.02. The molecule has 1 amide bonds. The van der Waals surface area contributed by atoms with Crippen molar-refractivity contribution in [2.75, 3.05) is 6.54 Å². The largest absolute Gasteiger partial charge is 0.505 e. The Morgan fingerprint density at radius 2 is 2.14 bits per heavy atom. The molecule has 1 heterocycles. The van der Waals surface area contributed by atoms with Crippen molar-refractivity contribution in [1.82, 2.24) is 10.3 Å². The standard InChI is InChI=1S/C18H24N2O2/c1-3-5-7-13(4-2)12-20-18(22)15-10-9-14-8-6-11-19-16(14)17(15)21/h6,8-11,13,21H,3-5,7,12H2,1-2H3,(H,20,22). The summed E-state index contributed by atoms with van der Waals surface area (Å²) in [5.41, 5.74) is 0.754. The third-order valence-corrected chi connectivity index (χ3v) is 4.09. The molecule has 2 N–H and O–H groups in total. The zero-order valence-electron chi connectivity index (χ0n) is 13.3. The molecule has 0 aliphatic rings. The number of rotatable bonds is 7. The van der Waals surface area contributed by atoms with Gasteiger partial charge in [-0.05, 0) is 24.5 Å². The van der Waals surface area contributed by atoms with Crippen LogP contribution < -0.4 is 5.32 Å². The second-order valence-corrected chi connectivity index (χ2v) is 5.66. The minimum Gasteiger partial charge on any atom is -0.505 e. The summed E-state index contributed by atoms with van der Waals surface area (Å²) >= 11 is 0. The molecule has 0 fully saturated rings. The number of amides is 1. The molecule has 0 bridgehead atoms. The molecule has 2 rings (SSSR count). The van der Waals surface area contributed by atoms with Crippen molar-refractivity contribution in [3.63, 3.8) is 0 Å². The fourth-order valence-corrected chi connectivity index (χ4v) is 2.59. The van der Waals surface area contributed by atoms with Crippen LogP contribution in [0, 0.1) is 5.92 Å². The minimum atomic E-state index is -0.236. The molecule has 1 unspecified atom stereocenters. The molecule has 0 radical (unpaired) electrons. The van der Waals surface area contributed by atoms with Gasteiger partial charge in [0.1, 0.15) is 5.52 Å². The zero-order chi connectivity index (χ0) is 15.9. The van der Waals surface area contributed by atoms with Crippen LogP contribution in [-0.2, 0) is 0 Å². The second-order valence-electron chi connectivity index (χ2n) is 5.66. The lowest BCUT2D eigenvalue weighted by atomic mass is 9.99. The SMILES string of the molecule is CCCCC(CC)CNC(=O)c1ccc2cccnc2c1O. The van der Waals surface area contributed by atoms with Crippen LogP contribution in [0.1, 0.15) is 49.9 Å². The molecule has 0 aliphatic carbocycles. The molecule has 2 aromatic rings. The summed E-state index contributed by atoms with van der Waals surface area (Å²) in [5, 5.41) is 14.0. The molecule has 0 saturated heterocycles. The fraction of sp³-hybridized carbons (Fsp3) is 0.444. The highest BCUT2D eigenvalue weighted by Crippen LogP contribution is 2.26. The number of phenols is 1. The van der Waals surface area contributed by atoms with Gasteiger partial charge in [0.25, 0.3) is 5.91 Å². The maximum absolute atomic E-state index is 12.3. The normalized spacial score (nSPS) is 12.3. The molecule has 0 saturated carbocycles. The molecule has 1 atom stereocenters. The van der Waals surface area contributed by atoms with Crippen LogP contribution >= 0.6 is 0 Å². The second kappa shape index (κ2) is 7.78. The number of carbonyl (C=O) groups excluding carboxylic acids is 1. The van der Waals surface area contributed by atoms with Crippen LogP contribution in [0.5, 0.6) is 5.75 Å². The van der Waals surface area contributed by atoms with E-state index in [0.717, 1.165) is 18.2 Å². The monoisotopic (exact) mass is 300 g/mol. The Balaban J connectivity index is 2.08. The predicted octanol–water partition coefficient (Wildman–Crippen LogP) is 3.89. The number of fused-ring (bicyclic) bond motifs is 1. The molecule has 4 heteroatoms. The van der Waals surface area contributed by atoms with E-state index in [2.05, 4.69) is 24.1 Å². The molecular formula is C18H24N2O2. The number of carbonyl (C=O) groups is 1. The van der Waals surface area contributed by atoms with Crippen molar-refractivity contribution in [2.24, 2.45) is 5.92 Å².